The van der Waals surface area contributed by atoms with Gasteiger partial charge in [-0.05, 0) is 51.1 Å². The van der Waals surface area contributed by atoms with Crippen molar-refractivity contribution < 1.29 is 27.8 Å². The first kappa shape index (κ1) is 21.5. The summed E-state index contributed by atoms with van der Waals surface area (Å²) in [4.78, 5) is 31.4. The Morgan fingerprint density at radius 2 is 1.53 bits per heavy atom. The summed E-state index contributed by atoms with van der Waals surface area (Å²) in [6, 6.07) is 7.86. The molecule has 0 atom stereocenters. The van der Waals surface area contributed by atoms with Crippen LogP contribution in [0, 0.1) is 11.8 Å². The van der Waals surface area contributed by atoms with Crippen molar-refractivity contribution in [2.24, 2.45) is 0 Å². The van der Waals surface area contributed by atoms with Crippen LogP contribution in [0.4, 0.5) is 13.6 Å². The number of nitrogens with zero attached hydrogens (tertiary/aromatic N) is 3. The second kappa shape index (κ2) is 8.64. The number of hydrogen-bond donors (Lipinski definition) is 0. The van der Waals surface area contributed by atoms with Crippen LogP contribution < -0.4 is 4.74 Å². The number of aromatic nitrogens is 1. The van der Waals surface area contributed by atoms with E-state index in [-0.39, 0.29) is 24.5 Å². The minimum Gasteiger partial charge on any atom is -0.444 e. The van der Waals surface area contributed by atoms with Crippen LogP contribution in [0.1, 0.15) is 31.1 Å². The second-order valence-electron chi connectivity index (χ2n) is 7.80. The summed E-state index contributed by atoms with van der Waals surface area (Å²) < 4.78 is 38.1. The zero-order chi connectivity index (χ0) is 21.9. The molecule has 0 spiro atoms. The Morgan fingerprint density at radius 3 is 2.10 bits per heavy atom. The summed E-state index contributed by atoms with van der Waals surface area (Å²) in [5.74, 6) is -1.66. The fraction of sp³-hybridized carbons (Fsp3) is 0.381. The molecule has 0 aliphatic carbocycles. The lowest BCUT2D eigenvalue weighted by Crippen LogP contribution is -2.51. The minimum atomic E-state index is -0.964. The molecule has 2 aromatic rings. The monoisotopic (exact) mass is 419 g/mol. The second-order valence-corrected chi connectivity index (χ2v) is 7.80. The lowest BCUT2D eigenvalue weighted by atomic mass is 10.2. The van der Waals surface area contributed by atoms with Gasteiger partial charge in [-0.25, -0.2) is 9.18 Å². The molecule has 0 unspecified atom stereocenters. The van der Waals surface area contributed by atoms with Crippen LogP contribution in [0.3, 0.4) is 0 Å². The highest BCUT2D eigenvalue weighted by Crippen LogP contribution is 2.22. The maximum Gasteiger partial charge on any atom is 0.410 e. The van der Waals surface area contributed by atoms with Gasteiger partial charge >= 0.3 is 6.09 Å². The fourth-order valence-corrected chi connectivity index (χ4v) is 2.85. The van der Waals surface area contributed by atoms with E-state index >= 15 is 0 Å². The first-order valence-corrected chi connectivity index (χ1v) is 9.49. The van der Waals surface area contributed by atoms with Gasteiger partial charge in [0.25, 0.3) is 5.91 Å². The quantitative estimate of drug-likeness (QED) is 0.707. The van der Waals surface area contributed by atoms with Gasteiger partial charge in [0.1, 0.15) is 17.2 Å². The molecule has 1 aromatic heterocycles. The van der Waals surface area contributed by atoms with E-state index in [0.717, 1.165) is 0 Å². The van der Waals surface area contributed by atoms with Crippen molar-refractivity contribution in [1.29, 1.82) is 0 Å². The minimum absolute atomic E-state index is 0.0506. The first-order valence-electron chi connectivity index (χ1n) is 9.49. The van der Waals surface area contributed by atoms with Gasteiger partial charge in [0.15, 0.2) is 0 Å². The molecule has 1 saturated heterocycles. The highest BCUT2D eigenvalue weighted by atomic mass is 19.1. The third-order valence-electron chi connectivity index (χ3n) is 4.31. The third kappa shape index (κ3) is 5.43. The number of benzene rings is 1. The van der Waals surface area contributed by atoms with Gasteiger partial charge in [0.05, 0.1) is 5.56 Å². The Bertz CT molecular complexity index is 921. The molecule has 3 rings (SSSR count). The van der Waals surface area contributed by atoms with Gasteiger partial charge in [-0.1, -0.05) is 0 Å². The predicted octanol–water partition coefficient (Wildman–Crippen LogP) is 3.85. The SMILES string of the molecule is CC(C)(C)OC(=O)N1CCN(C(=O)c2ccc(Oc3ccc(F)cc3)nc2F)CC1. The molecule has 7 nitrogen and oxygen atoms in total. The smallest absolute Gasteiger partial charge is 0.410 e. The molecule has 2 heterocycles. The molecule has 1 aliphatic rings. The van der Waals surface area contributed by atoms with Gasteiger partial charge in [0.2, 0.25) is 11.8 Å². The van der Waals surface area contributed by atoms with Gasteiger partial charge < -0.3 is 19.3 Å². The van der Waals surface area contributed by atoms with Gasteiger partial charge in [-0.3, -0.25) is 4.79 Å². The molecular weight excluding hydrogens is 396 g/mol. The van der Waals surface area contributed by atoms with Crippen molar-refractivity contribution in [2.45, 2.75) is 26.4 Å². The van der Waals surface area contributed by atoms with E-state index in [1.54, 1.807) is 20.8 Å². The fourth-order valence-electron chi connectivity index (χ4n) is 2.85. The van der Waals surface area contributed by atoms with E-state index < -0.39 is 29.4 Å². The number of ether oxygens (including phenoxy) is 2. The number of pyridine rings is 1. The van der Waals surface area contributed by atoms with E-state index in [1.807, 2.05) is 0 Å². The molecule has 1 fully saturated rings. The van der Waals surface area contributed by atoms with Crippen molar-refractivity contribution in [1.82, 2.24) is 14.8 Å². The van der Waals surface area contributed by atoms with Gasteiger partial charge in [0, 0.05) is 32.2 Å². The Kier molecular flexibility index (Phi) is 6.19. The Labute approximate surface area is 173 Å². The maximum atomic E-state index is 14.4. The molecule has 30 heavy (non-hydrogen) atoms. The van der Waals surface area contributed by atoms with Crippen molar-refractivity contribution in [3.8, 4) is 11.6 Å². The topological polar surface area (TPSA) is 72.0 Å². The van der Waals surface area contributed by atoms with Crippen molar-refractivity contribution >= 4 is 12.0 Å². The van der Waals surface area contributed by atoms with E-state index in [4.69, 9.17) is 9.47 Å². The van der Waals surface area contributed by atoms with E-state index in [9.17, 15) is 18.4 Å². The predicted molar refractivity (Wildman–Crippen MR) is 104 cm³/mol. The number of carbonyl (C=O) groups is 2. The van der Waals surface area contributed by atoms with Crippen LogP contribution in [-0.4, -0.2) is 58.6 Å². The molecule has 2 amide bonds. The average molecular weight is 419 g/mol. The zero-order valence-corrected chi connectivity index (χ0v) is 17.0. The molecule has 0 bridgehead atoms. The number of rotatable bonds is 3. The Morgan fingerprint density at radius 1 is 0.933 bits per heavy atom. The summed E-state index contributed by atoms with van der Waals surface area (Å²) >= 11 is 0. The molecule has 1 aromatic carbocycles. The largest absolute Gasteiger partial charge is 0.444 e. The van der Waals surface area contributed by atoms with Crippen LogP contribution >= 0.6 is 0 Å². The number of piperazine rings is 1. The van der Waals surface area contributed by atoms with Crippen LogP contribution in [0.15, 0.2) is 36.4 Å². The summed E-state index contributed by atoms with van der Waals surface area (Å²) in [6.07, 6.45) is -0.440. The zero-order valence-electron chi connectivity index (χ0n) is 17.0. The Balaban J connectivity index is 1.60. The van der Waals surface area contributed by atoms with Crippen molar-refractivity contribution in [3.05, 3.63) is 53.7 Å². The van der Waals surface area contributed by atoms with Crippen LogP contribution in [0.25, 0.3) is 0 Å². The summed E-state index contributed by atoms with van der Waals surface area (Å²) in [5.41, 5.74) is -0.788. The van der Waals surface area contributed by atoms with Gasteiger partial charge in [-0.15, -0.1) is 0 Å². The van der Waals surface area contributed by atoms with E-state index in [1.165, 1.54) is 46.2 Å². The van der Waals surface area contributed by atoms with Gasteiger partial charge in [-0.2, -0.15) is 9.37 Å². The lowest BCUT2D eigenvalue weighted by molar-refractivity contribution is 0.0140. The van der Waals surface area contributed by atoms with Crippen LogP contribution in [0.5, 0.6) is 11.6 Å². The van der Waals surface area contributed by atoms with Crippen molar-refractivity contribution in [3.63, 3.8) is 0 Å². The van der Waals surface area contributed by atoms with Crippen LogP contribution in [0.2, 0.25) is 0 Å². The number of carbonyl (C=O) groups excluding carboxylic acids is 2. The van der Waals surface area contributed by atoms with E-state index in [0.29, 0.717) is 18.8 Å². The molecule has 0 N–H and O–H groups in total. The molecule has 1 aliphatic heterocycles. The highest BCUT2D eigenvalue weighted by molar-refractivity contribution is 5.94. The average Bonchev–Trinajstić information content (AvgIpc) is 2.68. The molecular formula is C21H23F2N3O4. The molecule has 160 valence electrons. The standard InChI is InChI=1S/C21H23F2N3O4/c1-21(2,3)30-20(28)26-12-10-25(11-13-26)19(27)16-8-9-17(24-18(16)23)29-15-6-4-14(22)5-7-15/h4-9H,10-13H2,1-3H3. The van der Waals surface area contributed by atoms with E-state index in [2.05, 4.69) is 4.98 Å². The summed E-state index contributed by atoms with van der Waals surface area (Å²) in [7, 11) is 0. The van der Waals surface area contributed by atoms with Crippen LogP contribution in [-0.2, 0) is 4.74 Å². The molecule has 0 saturated carbocycles. The first-order chi connectivity index (χ1) is 14.1. The summed E-state index contributed by atoms with van der Waals surface area (Å²) in [5, 5.41) is 0. The Hall–Kier alpha value is -3.23. The number of hydrogen-bond acceptors (Lipinski definition) is 5. The number of amides is 2. The lowest BCUT2D eigenvalue weighted by Gasteiger charge is -2.35. The highest BCUT2D eigenvalue weighted by Gasteiger charge is 2.29. The number of halogens is 2. The third-order valence-corrected chi connectivity index (χ3v) is 4.31. The van der Waals surface area contributed by atoms with Crippen molar-refractivity contribution in [2.75, 3.05) is 26.2 Å². The summed E-state index contributed by atoms with van der Waals surface area (Å²) in [6.45, 7) is 6.44. The molecule has 9 heteroatoms. The normalized spacial score (nSPS) is 14.4. The maximum absolute atomic E-state index is 14.4. The molecule has 0 radical (unpaired) electrons.